The van der Waals surface area contributed by atoms with Crippen molar-refractivity contribution in [3.63, 3.8) is 0 Å². The molecule has 0 radical (unpaired) electrons. The molecule has 2 heteroatoms. The normalized spacial score (nSPS) is 13.0. The zero-order valence-electron chi connectivity index (χ0n) is 18.7. The topological polar surface area (TPSA) is 25.8 Å². The molecule has 156 valence electrons. The molecular formula is C29H30N2. The molecule has 1 atom stereocenters. The number of aromatic nitrogens is 2. The van der Waals surface area contributed by atoms with E-state index in [-0.39, 0.29) is 5.41 Å². The van der Waals surface area contributed by atoms with E-state index >= 15 is 0 Å². The maximum atomic E-state index is 5.12. The third-order valence-corrected chi connectivity index (χ3v) is 6.30. The maximum absolute atomic E-state index is 5.12. The highest BCUT2D eigenvalue weighted by molar-refractivity contribution is 5.81. The summed E-state index contributed by atoms with van der Waals surface area (Å²) in [6.45, 7) is 6.93. The van der Waals surface area contributed by atoms with Crippen molar-refractivity contribution in [3.05, 3.63) is 96.7 Å². The van der Waals surface area contributed by atoms with Crippen LogP contribution in [0, 0.1) is 0 Å². The van der Waals surface area contributed by atoms with Crippen molar-refractivity contribution in [2.75, 3.05) is 0 Å². The molecule has 1 heterocycles. The molecular weight excluding hydrogens is 376 g/mol. The van der Waals surface area contributed by atoms with Gasteiger partial charge in [0.25, 0.3) is 0 Å². The molecule has 0 N–H and O–H groups in total. The molecule has 3 aromatic carbocycles. The van der Waals surface area contributed by atoms with Crippen molar-refractivity contribution in [1.29, 1.82) is 0 Å². The summed E-state index contributed by atoms with van der Waals surface area (Å²) in [7, 11) is 0. The minimum Gasteiger partial charge on any atom is -0.252 e. The monoisotopic (exact) mass is 406 g/mol. The summed E-state index contributed by atoms with van der Waals surface area (Å²) in [4.78, 5) is 10.1. The Hall–Kier alpha value is -3.26. The second-order valence-corrected chi connectivity index (χ2v) is 8.39. The van der Waals surface area contributed by atoms with Crippen LogP contribution in [0.3, 0.4) is 0 Å². The molecule has 4 aromatic rings. The van der Waals surface area contributed by atoms with Gasteiger partial charge in [0, 0.05) is 16.7 Å². The molecule has 31 heavy (non-hydrogen) atoms. The number of nitrogens with zero attached hydrogens (tertiary/aromatic N) is 2. The summed E-state index contributed by atoms with van der Waals surface area (Å²) >= 11 is 0. The summed E-state index contributed by atoms with van der Waals surface area (Å²) in [6.07, 6.45) is 5.31. The SMILES string of the molecule is CCCC(C)(CC)c1ccccc1-c1ncc(-c2ccccc2)nc1-c1ccccc1. The molecule has 0 saturated heterocycles. The van der Waals surface area contributed by atoms with Crippen LogP contribution in [0.2, 0.25) is 0 Å². The van der Waals surface area contributed by atoms with Crippen LogP contribution < -0.4 is 0 Å². The minimum absolute atomic E-state index is 0.110. The second kappa shape index (κ2) is 9.26. The first-order valence-electron chi connectivity index (χ1n) is 11.2. The van der Waals surface area contributed by atoms with Crippen LogP contribution in [0.25, 0.3) is 33.8 Å². The van der Waals surface area contributed by atoms with Crippen molar-refractivity contribution in [3.8, 4) is 33.8 Å². The van der Waals surface area contributed by atoms with Gasteiger partial charge in [0.15, 0.2) is 0 Å². The maximum Gasteiger partial charge on any atom is 0.0972 e. The molecule has 0 saturated carbocycles. The van der Waals surface area contributed by atoms with Crippen molar-refractivity contribution >= 4 is 0 Å². The van der Waals surface area contributed by atoms with Gasteiger partial charge in [0.2, 0.25) is 0 Å². The first kappa shape index (κ1) is 21.0. The molecule has 1 aromatic heterocycles. The highest BCUT2D eigenvalue weighted by Gasteiger charge is 2.28. The Balaban J connectivity index is 1.94. The molecule has 0 aliphatic carbocycles. The predicted molar refractivity (Wildman–Crippen MR) is 131 cm³/mol. The highest BCUT2D eigenvalue weighted by atomic mass is 14.8. The molecule has 0 amide bonds. The van der Waals surface area contributed by atoms with Gasteiger partial charge >= 0.3 is 0 Å². The summed E-state index contributed by atoms with van der Waals surface area (Å²) < 4.78 is 0. The van der Waals surface area contributed by atoms with E-state index in [1.165, 1.54) is 11.1 Å². The molecule has 1 unspecified atom stereocenters. The molecule has 0 aliphatic rings. The second-order valence-electron chi connectivity index (χ2n) is 8.39. The zero-order valence-corrected chi connectivity index (χ0v) is 18.7. The Kier molecular flexibility index (Phi) is 6.27. The lowest BCUT2D eigenvalue weighted by Gasteiger charge is -2.31. The van der Waals surface area contributed by atoms with Gasteiger partial charge in [-0.2, -0.15) is 0 Å². The van der Waals surface area contributed by atoms with Crippen molar-refractivity contribution in [1.82, 2.24) is 9.97 Å². The van der Waals surface area contributed by atoms with Gasteiger partial charge in [-0.15, -0.1) is 0 Å². The van der Waals surface area contributed by atoms with E-state index in [2.05, 4.69) is 81.4 Å². The summed E-state index contributed by atoms with van der Waals surface area (Å²) in [5, 5.41) is 0. The van der Waals surface area contributed by atoms with Gasteiger partial charge in [-0.05, 0) is 23.8 Å². The Morgan fingerprint density at radius 2 is 1.32 bits per heavy atom. The Morgan fingerprint density at radius 1 is 0.710 bits per heavy atom. The fraction of sp³-hybridized carbons (Fsp3) is 0.241. The summed E-state index contributed by atoms with van der Waals surface area (Å²) in [5.74, 6) is 0. The Bertz CT molecular complexity index is 1140. The van der Waals surface area contributed by atoms with Crippen LogP contribution in [-0.2, 0) is 5.41 Å². The van der Waals surface area contributed by atoms with Crippen LogP contribution in [0.4, 0.5) is 0 Å². The molecule has 0 bridgehead atoms. The lowest BCUT2D eigenvalue weighted by molar-refractivity contribution is 0.415. The van der Waals surface area contributed by atoms with Gasteiger partial charge in [0.1, 0.15) is 0 Å². The average Bonchev–Trinajstić information content (AvgIpc) is 2.85. The fourth-order valence-electron chi connectivity index (χ4n) is 4.40. The van der Waals surface area contributed by atoms with Crippen molar-refractivity contribution in [2.24, 2.45) is 0 Å². The largest absolute Gasteiger partial charge is 0.252 e. The number of benzene rings is 3. The highest BCUT2D eigenvalue weighted by Crippen LogP contribution is 2.41. The van der Waals surface area contributed by atoms with E-state index in [0.717, 1.165) is 47.5 Å². The van der Waals surface area contributed by atoms with Gasteiger partial charge in [-0.3, -0.25) is 4.98 Å². The van der Waals surface area contributed by atoms with E-state index in [4.69, 9.17) is 9.97 Å². The Labute approximate surface area is 186 Å². The minimum atomic E-state index is 0.110. The van der Waals surface area contributed by atoms with Crippen LogP contribution >= 0.6 is 0 Å². The molecule has 0 aliphatic heterocycles. The molecule has 4 rings (SSSR count). The number of hydrogen-bond acceptors (Lipinski definition) is 2. The lowest BCUT2D eigenvalue weighted by Crippen LogP contribution is -2.21. The third-order valence-electron chi connectivity index (χ3n) is 6.30. The quantitative estimate of drug-likeness (QED) is 0.311. The van der Waals surface area contributed by atoms with E-state index < -0.39 is 0 Å². The molecule has 0 spiro atoms. The van der Waals surface area contributed by atoms with Gasteiger partial charge in [0.05, 0.1) is 23.3 Å². The smallest absolute Gasteiger partial charge is 0.0972 e. The van der Waals surface area contributed by atoms with Gasteiger partial charge in [-0.25, -0.2) is 4.98 Å². The van der Waals surface area contributed by atoms with E-state index in [0.29, 0.717) is 0 Å². The molecule has 0 fully saturated rings. The predicted octanol–water partition coefficient (Wildman–Crippen LogP) is 7.95. The van der Waals surface area contributed by atoms with Crippen molar-refractivity contribution in [2.45, 2.75) is 45.4 Å². The van der Waals surface area contributed by atoms with Gasteiger partial charge < -0.3 is 0 Å². The van der Waals surface area contributed by atoms with Crippen LogP contribution in [0.1, 0.15) is 45.6 Å². The summed E-state index contributed by atoms with van der Waals surface area (Å²) in [6, 6.07) is 29.4. The zero-order chi connectivity index (χ0) is 21.7. The lowest BCUT2D eigenvalue weighted by atomic mass is 9.74. The first-order valence-corrected chi connectivity index (χ1v) is 11.2. The van der Waals surface area contributed by atoms with E-state index in [9.17, 15) is 0 Å². The average molecular weight is 407 g/mol. The van der Waals surface area contributed by atoms with Crippen LogP contribution in [-0.4, -0.2) is 9.97 Å². The Morgan fingerprint density at radius 3 is 1.97 bits per heavy atom. The standard InChI is InChI=1S/C29H30N2/c1-4-20-29(3,5-2)25-19-13-12-18-24(25)28-27(23-16-10-7-11-17-23)31-26(21-30-28)22-14-8-6-9-15-22/h6-19,21H,4-5,20H2,1-3H3. The van der Waals surface area contributed by atoms with Crippen LogP contribution in [0.5, 0.6) is 0 Å². The van der Waals surface area contributed by atoms with Gasteiger partial charge in [-0.1, -0.05) is 112 Å². The fourth-order valence-corrected chi connectivity index (χ4v) is 4.40. The van der Waals surface area contributed by atoms with E-state index in [1.807, 2.05) is 30.5 Å². The van der Waals surface area contributed by atoms with E-state index in [1.54, 1.807) is 0 Å². The van der Waals surface area contributed by atoms with Crippen LogP contribution in [0.15, 0.2) is 91.1 Å². The molecule has 2 nitrogen and oxygen atoms in total. The number of rotatable bonds is 7. The number of hydrogen-bond donors (Lipinski definition) is 0. The van der Waals surface area contributed by atoms with Crippen molar-refractivity contribution < 1.29 is 0 Å². The third kappa shape index (κ3) is 4.29. The summed E-state index contributed by atoms with van der Waals surface area (Å²) in [5.41, 5.74) is 7.61. The first-order chi connectivity index (χ1) is 15.2.